The molecule has 1 aromatic rings. The zero-order chi connectivity index (χ0) is 14.3. The normalized spacial score (nSPS) is 18.6. The maximum atomic E-state index is 14.1. The molecule has 0 aliphatic carbocycles. The lowest BCUT2D eigenvalue weighted by Gasteiger charge is -2.28. The topological polar surface area (TPSA) is 31.2 Å². The van der Waals surface area contributed by atoms with Crippen molar-refractivity contribution in [2.75, 3.05) is 13.2 Å². The summed E-state index contributed by atoms with van der Waals surface area (Å²) in [7, 11) is 0. The van der Waals surface area contributed by atoms with Crippen LogP contribution in [0.1, 0.15) is 19.4 Å². The predicted molar refractivity (Wildman–Crippen MR) is 79.0 cm³/mol. The average Bonchev–Trinajstić information content (AvgIpc) is 2.80. The number of halogens is 2. The van der Waals surface area contributed by atoms with Gasteiger partial charge in [-0.3, -0.25) is 0 Å². The Morgan fingerprint density at radius 3 is 2.90 bits per heavy atom. The molecule has 4 nitrogen and oxygen atoms in total. The van der Waals surface area contributed by atoms with Crippen LogP contribution in [0, 0.1) is 5.82 Å². The number of aliphatic imine (C=N–C) groups is 2. The summed E-state index contributed by atoms with van der Waals surface area (Å²) >= 11 is 6.14. The van der Waals surface area contributed by atoms with E-state index < -0.39 is 0 Å². The molecule has 2 aliphatic heterocycles. The Hall–Kier alpha value is -1.72. The molecule has 6 heteroatoms. The van der Waals surface area contributed by atoms with Gasteiger partial charge in [0.2, 0.25) is 5.96 Å². The lowest BCUT2D eigenvalue weighted by atomic mass is 10.0. The van der Waals surface area contributed by atoms with Crippen LogP contribution in [0.25, 0.3) is 5.57 Å². The van der Waals surface area contributed by atoms with Crippen molar-refractivity contribution in [3.05, 3.63) is 40.8 Å². The molecule has 3 rings (SSSR count). The molecule has 0 atom stereocenters. The van der Waals surface area contributed by atoms with Crippen LogP contribution in [0.4, 0.5) is 4.39 Å². The third-order valence-corrected chi connectivity index (χ3v) is 3.71. The SMILES string of the molecule is CCN1CN=C2N=C(C)C(c3c(F)cccc3Cl)=CN21. The highest BCUT2D eigenvalue weighted by molar-refractivity contribution is 6.36. The molecule has 0 unspecified atom stereocenters. The van der Waals surface area contributed by atoms with E-state index in [1.54, 1.807) is 12.1 Å². The average molecular weight is 293 g/mol. The summed E-state index contributed by atoms with van der Waals surface area (Å²) in [4.78, 5) is 8.78. The largest absolute Gasteiger partial charge is 0.246 e. The molecule has 1 aromatic carbocycles. The zero-order valence-corrected chi connectivity index (χ0v) is 12.0. The number of allylic oxidation sites excluding steroid dienone is 1. The first kappa shape index (κ1) is 13.3. The highest BCUT2D eigenvalue weighted by Crippen LogP contribution is 2.31. The molecular weight excluding hydrogens is 279 g/mol. The molecule has 0 amide bonds. The molecule has 0 aromatic heterocycles. The van der Waals surface area contributed by atoms with Gasteiger partial charge in [0.1, 0.15) is 12.5 Å². The van der Waals surface area contributed by atoms with E-state index in [4.69, 9.17) is 11.6 Å². The van der Waals surface area contributed by atoms with E-state index in [1.807, 2.05) is 30.1 Å². The van der Waals surface area contributed by atoms with E-state index >= 15 is 0 Å². The molecule has 20 heavy (non-hydrogen) atoms. The third-order valence-electron chi connectivity index (χ3n) is 3.39. The second-order valence-corrected chi connectivity index (χ2v) is 5.01. The first-order valence-electron chi connectivity index (χ1n) is 6.42. The summed E-state index contributed by atoms with van der Waals surface area (Å²) in [5, 5.41) is 4.25. The second-order valence-electron chi connectivity index (χ2n) is 4.60. The highest BCUT2D eigenvalue weighted by atomic mass is 35.5. The maximum Gasteiger partial charge on any atom is 0.241 e. The summed E-state index contributed by atoms with van der Waals surface area (Å²) < 4.78 is 14.1. The van der Waals surface area contributed by atoms with E-state index in [1.165, 1.54) is 6.07 Å². The summed E-state index contributed by atoms with van der Waals surface area (Å²) in [5.41, 5.74) is 1.79. The quantitative estimate of drug-likeness (QED) is 0.838. The van der Waals surface area contributed by atoms with Crippen LogP contribution in [0.3, 0.4) is 0 Å². The lowest BCUT2D eigenvalue weighted by Crippen LogP contribution is -2.39. The number of guanidine groups is 1. The minimum atomic E-state index is -0.346. The van der Waals surface area contributed by atoms with Crippen LogP contribution in [-0.4, -0.2) is 34.9 Å². The molecule has 0 radical (unpaired) electrons. The molecule has 104 valence electrons. The molecule has 0 saturated heterocycles. The molecule has 0 saturated carbocycles. The van der Waals surface area contributed by atoms with Crippen LogP contribution in [0.5, 0.6) is 0 Å². The van der Waals surface area contributed by atoms with E-state index in [2.05, 4.69) is 9.98 Å². The lowest BCUT2D eigenvalue weighted by molar-refractivity contribution is 0.125. The smallest absolute Gasteiger partial charge is 0.241 e. The van der Waals surface area contributed by atoms with Gasteiger partial charge in [-0.2, -0.15) is 5.01 Å². The van der Waals surface area contributed by atoms with Crippen molar-refractivity contribution in [1.82, 2.24) is 10.0 Å². The van der Waals surface area contributed by atoms with Crippen LogP contribution < -0.4 is 0 Å². The van der Waals surface area contributed by atoms with Crippen molar-refractivity contribution in [2.24, 2.45) is 9.98 Å². The van der Waals surface area contributed by atoms with E-state index in [9.17, 15) is 4.39 Å². The Labute approximate surface area is 121 Å². The first-order chi connectivity index (χ1) is 9.61. The third kappa shape index (κ3) is 2.03. The van der Waals surface area contributed by atoms with E-state index in [-0.39, 0.29) is 5.82 Å². The van der Waals surface area contributed by atoms with Crippen molar-refractivity contribution in [2.45, 2.75) is 13.8 Å². The number of rotatable bonds is 2. The molecular formula is C14H14ClFN4. The first-order valence-corrected chi connectivity index (χ1v) is 6.80. The second kappa shape index (κ2) is 5.00. The van der Waals surface area contributed by atoms with Crippen molar-refractivity contribution in [3.63, 3.8) is 0 Å². The number of nitrogens with zero attached hydrogens (tertiary/aromatic N) is 4. The fourth-order valence-electron chi connectivity index (χ4n) is 2.32. The van der Waals surface area contributed by atoms with Gasteiger partial charge >= 0.3 is 0 Å². The minimum Gasteiger partial charge on any atom is -0.246 e. The van der Waals surface area contributed by atoms with Crippen LogP contribution in [-0.2, 0) is 0 Å². The molecule has 0 N–H and O–H groups in total. The van der Waals surface area contributed by atoms with Gasteiger partial charge in [0, 0.05) is 23.9 Å². The number of hydrogen-bond acceptors (Lipinski definition) is 4. The summed E-state index contributed by atoms with van der Waals surface area (Å²) in [6.45, 7) is 5.24. The van der Waals surface area contributed by atoms with E-state index in [0.29, 0.717) is 34.5 Å². The van der Waals surface area contributed by atoms with Crippen molar-refractivity contribution >= 4 is 28.8 Å². The molecule has 0 fully saturated rings. The van der Waals surface area contributed by atoms with Gasteiger partial charge in [-0.1, -0.05) is 24.6 Å². The van der Waals surface area contributed by atoms with Gasteiger partial charge < -0.3 is 0 Å². The minimum absolute atomic E-state index is 0.346. The number of hydrogen-bond donors (Lipinski definition) is 0. The summed E-state index contributed by atoms with van der Waals surface area (Å²) in [6, 6.07) is 4.68. The van der Waals surface area contributed by atoms with Gasteiger partial charge in [-0.05, 0) is 19.1 Å². The fraction of sp³-hybridized carbons (Fsp3) is 0.286. The molecule has 2 aliphatic rings. The monoisotopic (exact) mass is 292 g/mol. The van der Waals surface area contributed by atoms with Gasteiger partial charge in [0.05, 0.1) is 10.7 Å². The van der Waals surface area contributed by atoms with Crippen molar-refractivity contribution in [1.29, 1.82) is 0 Å². The van der Waals surface area contributed by atoms with Crippen molar-refractivity contribution < 1.29 is 4.39 Å². The van der Waals surface area contributed by atoms with Gasteiger partial charge in [-0.25, -0.2) is 19.4 Å². The highest BCUT2D eigenvalue weighted by Gasteiger charge is 2.28. The molecule has 0 spiro atoms. The van der Waals surface area contributed by atoms with Crippen LogP contribution in [0.2, 0.25) is 5.02 Å². The Kier molecular flexibility index (Phi) is 3.31. The number of benzene rings is 1. The number of fused-ring (bicyclic) bond motifs is 1. The van der Waals surface area contributed by atoms with Crippen molar-refractivity contribution in [3.8, 4) is 0 Å². The summed E-state index contributed by atoms with van der Waals surface area (Å²) in [5.74, 6) is 0.293. The Morgan fingerprint density at radius 2 is 2.20 bits per heavy atom. The Morgan fingerprint density at radius 1 is 1.40 bits per heavy atom. The van der Waals surface area contributed by atoms with Crippen LogP contribution in [0.15, 0.2) is 34.4 Å². The molecule has 2 heterocycles. The number of hydrazine groups is 1. The fourth-order valence-corrected chi connectivity index (χ4v) is 2.58. The summed E-state index contributed by atoms with van der Waals surface area (Å²) in [6.07, 6.45) is 1.85. The van der Waals surface area contributed by atoms with Crippen LogP contribution >= 0.6 is 11.6 Å². The zero-order valence-electron chi connectivity index (χ0n) is 11.3. The Balaban J connectivity index is 2.10. The standard InChI is InChI=1S/C14H14ClFN4/c1-3-19-8-17-14-18-9(2)10(7-20(14)19)13-11(15)5-4-6-12(13)16/h4-7H,3,8H2,1-2H3. The van der Waals surface area contributed by atoms with Gasteiger partial charge in [0.25, 0.3) is 0 Å². The van der Waals surface area contributed by atoms with Gasteiger partial charge in [-0.15, -0.1) is 0 Å². The predicted octanol–water partition coefficient (Wildman–Crippen LogP) is 3.16. The maximum absolute atomic E-state index is 14.1. The van der Waals surface area contributed by atoms with E-state index in [0.717, 1.165) is 6.54 Å². The molecule has 0 bridgehead atoms. The Bertz CT molecular complexity index is 630. The van der Waals surface area contributed by atoms with Gasteiger partial charge in [0.15, 0.2) is 0 Å².